The van der Waals surface area contributed by atoms with Crippen LogP contribution >= 0.6 is 0 Å². The molecule has 4 heteroatoms. The van der Waals surface area contributed by atoms with Crippen LogP contribution in [0.5, 0.6) is 5.75 Å². The number of aryl methyl sites for hydroxylation is 3. The first kappa shape index (κ1) is 19.9. The van der Waals surface area contributed by atoms with Gasteiger partial charge in [0.25, 0.3) is 0 Å². The third-order valence-electron chi connectivity index (χ3n) is 3.14. The Balaban J connectivity index is 0.000000191. The van der Waals surface area contributed by atoms with Crippen LogP contribution in [0.1, 0.15) is 27.0 Å². The van der Waals surface area contributed by atoms with Gasteiger partial charge in [-0.15, -0.1) is 0 Å². The maximum absolute atomic E-state index is 10.3. The Labute approximate surface area is 148 Å². The SMILES string of the molecule is Cc1ccc(C(=O)O)cc1.Cc1ccc(O)cc1.Cc1cccnc1. The van der Waals surface area contributed by atoms with Gasteiger partial charge in [0.05, 0.1) is 5.56 Å². The minimum atomic E-state index is -0.875. The molecule has 3 aromatic rings. The summed E-state index contributed by atoms with van der Waals surface area (Å²) in [5.41, 5.74) is 3.79. The van der Waals surface area contributed by atoms with Crippen molar-refractivity contribution in [3.8, 4) is 5.75 Å². The molecule has 130 valence electrons. The molecule has 0 aliphatic heterocycles. The van der Waals surface area contributed by atoms with Crippen LogP contribution in [0.3, 0.4) is 0 Å². The molecule has 0 saturated heterocycles. The smallest absolute Gasteiger partial charge is 0.335 e. The Kier molecular flexibility index (Phi) is 8.44. The zero-order valence-electron chi connectivity index (χ0n) is 14.7. The second kappa shape index (κ2) is 10.6. The lowest BCUT2D eigenvalue weighted by molar-refractivity contribution is 0.0697. The van der Waals surface area contributed by atoms with E-state index >= 15 is 0 Å². The fraction of sp³-hybridized carbons (Fsp3) is 0.143. The number of aromatic carboxylic acids is 1. The summed E-state index contributed by atoms with van der Waals surface area (Å²) >= 11 is 0. The topological polar surface area (TPSA) is 70.4 Å². The fourth-order valence-electron chi connectivity index (χ4n) is 1.69. The van der Waals surface area contributed by atoms with Crippen LogP contribution in [0, 0.1) is 20.8 Å². The lowest BCUT2D eigenvalue weighted by atomic mass is 10.2. The maximum atomic E-state index is 10.3. The molecule has 1 aromatic heterocycles. The number of carbonyl (C=O) groups is 1. The molecule has 0 atom stereocenters. The molecule has 0 unspecified atom stereocenters. The quantitative estimate of drug-likeness (QED) is 0.670. The van der Waals surface area contributed by atoms with Crippen molar-refractivity contribution in [2.45, 2.75) is 20.8 Å². The molecule has 2 N–H and O–H groups in total. The van der Waals surface area contributed by atoms with Crippen molar-refractivity contribution >= 4 is 5.97 Å². The second-order valence-electron chi connectivity index (χ2n) is 5.54. The molecule has 25 heavy (non-hydrogen) atoms. The van der Waals surface area contributed by atoms with Crippen LogP contribution < -0.4 is 0 Å². The molecule has 2 aromatic carbocycles. The molecule has 0 amide bonds. The molecule has 0 radical (unpaired) electrons. The lowest BCUT2D eigenvalue weighted by Crippen LogP contribution is -1.94. The number of carboxylic acids is 1. The number of phenols is 1. The van der Waals surface area contributed by atoms with E-state index in [9.17, 15) is 4.79 Å². The fourth-order valence-corrected chi connectivity index (χ4v) is 1.69. The van der Waals surface area contributed by atoms with E-state index < -0.39 is 5.97 Å². The highest BCUT2D eigenvalue weighted by Crippen LogP contribution is 2.07. The highest BCUT2D eigenvalue weighted by Gasteiger charge is 1.98. The van der Waals surface area contributed by atoms with Gasteiger partial charge in [-0.25, -0.2) is 4.79 Å². The number of phenolic OH excluding ortho intramolecular Hbond substituents is 1. The van der Waals surface area contributed by atoms with Gasteiger partial charge in [0.15, 0.2) is 0 Å². The first-order valence-electron chi connectivity index (χ1n) is 7.80. The Hall–Kier alpha value is -3.14. The van der Waals surface area contributed by atoms with Gasteiger partial charge in [0, 0.05) is 12.4 Å². The molecule has 0 spiro atoms. The summed E-state index contributed by atoms with van der Waals surface area (Å²) in [5.74, 6) is -0.546. The van der Waals surface area contributed by atoms with Crippen LogP contribution in [-0.4, -0.2) is 21.2 Å². The van der Waals surface area contributed by atoms with Crippen molar-refractivity contribution in [2.24, 2.45) is 0 Å². The van der Waals surface area contributed by atoms with E-state index in [1.165, 1.54) is 11.1 Å². The van der Waals surface area contributed by atoms with Gasteiger partial charge < -0.3 is 10.2 Å². The van der Waals surface area contributed by atoms with Crippen molar-refractivity contribution in [2.75, 3.05) is 0 Å². The van der Waals surface area contributed by atoms with Crippen molar-refractivity contribution < 1.29 is 15.0 Å². The second-order valence-corrected chi connectivity index (χ2v) is 5.54. The van der Waals surface area contributed by atoms with Gasteiger partial charge in [-0.1, -0.05) is 41.5 Å². The molecule has 0 bridgehead atoms. The number of benzene rings is 2. The van der Waals surface area contributed by atoms with Gasteiger partial charge in [-0.05, 0) is 56.7 Å². The predicted molar refractivity (Wildman–Crippen MR) is 100.0 cm³/mol. The standard InChI is InChI=1S/C8H8O2.C7H8O.C6H7N/c1-6-2-4-7(5-3-6)8(9)10;1-6-2-4-7(8)5-3-6;1-6-3-2-4-7-5-6/h2-5H,1H3,(H,9,10);2-5,8H,1H3;2-5H,1H3. The average Bonchev–Trinajstić information content (AvgIpc) is 2.60. The molecule has 4 nitrogen and oxygen atoms in total. The van der Waals surface area contributed by atoms with Crippen LogP contribution in [-0.2, 0) is 0 Å². The third-order valence-corrected chi connectivity index (χ3v) is 3.14. The largest absolute Gasteiger partial charge is 0.508 e. The lowest BCUT2D eigenvalue weighted by Gasteiger charge is -1.92. The third kappa shape index (κ3) is 8.91. The van der Waals surface area contributed by atoms with Gasteiger partial charge in [-0.2, -0.15) is 0 Å². The van der Waals surface area contributed by atoms with E-state index in [0.717, 1.165) is 5.56 Å². The summed E-state index contributed by atoms with van der Waals surface area (Å²) in [6.07, 6.45) is 3.60. The van der Waals surface area contributed by atoms with E-state index in [1.54, 1.807) is 42.6 Å². The van der Waals surface area contributed by atoms with E-state index in [1.807, 2.05) is 51.2 Å². The van der Waals surface area contributed by atoms with Crippen molar-refractivity contribution in [1.82, 2.24) is 4.98 Å². The number of pyridine rings is 1. The highest BCUT2D eigenvalue weighted by atomic mass is 16.4. The van der Waals surface area contributed by atoms with E-state index in [-0.39, 0.29) is 0 Å². The number of hydrogen-bond donors (Lipinski definition) is 2. The highest BCUT2D eigenvalue weighted by molar-refractivity contribution is 5.87. The molecule has 0 saturated carbocycles. The first-order chi connectivity index (χ1) is 11.9. The van der Waals surface area contributed by atoms with Crippen LogP contribution in [0.2, 0.25) is 0 Å². The Morgan fingerprint density at radius 1 is 0.800 bits per heavy atom. The molecule has 0 aliphatic carbocycles. The minimum absolute atomic E-state index is 0.329. The zero-order valence-corrected chi connectivity index (χ0v) is 14.7. The summed E-state index contributed by atoms with van der Waals surface area (Å²) in [7, 11) is 0. The predicted octanol–water partition coefficient (Wildman–Crippen LogP) is 4.78. The number of rotatable bonds is 1. The first-order valence-corrected chi connectivity index (χ1v) is 7.80. The van der Waals surface area contributed by atoms with E-state index in [0.29, 0.717) is 11.3 Å². The number of carboxylic acid groups (broad SMARTS) is 1. The average molecular weight is 337 g/mol. The van der Waals surface area contributed by atoms with E-state index in [4.69, 9.17) is 10.2 Å². The van der Waals surface area contributed by atoms with Gasteiger partial charge >= 0.3 is 5.97 Å². The zero-order chi connectivity index (χ0) is 18.7. The molecular formula is C21H23NO3. The summed E-state index contributed by atoms with van der Waals surface area (Å²) in [5, 5.41) is 17.2. The maximum Gasteiger partial charge on any atom is 0.335 e. The van der Waals surface area contributed by atoms with Crippen molar-refractivity contribution in [3.63, 3.8) is 0 Å². The Bertz CT molecular complexity index is 730. The van der Waals surface area contributed by atoms with Gasteiger partial charge in [0.1, 0.15) is 5.75 Å². The van der Waals surface area contributed by atoms with Gasteiger partial charge in [-0.3, -0.25) is 4.98 Å². The number of aromatic nitrogens is 1. The summed E-state index contributed by atoms with van der Waals surface area (Å²) < 4.78 is 0. The van der Waals surface area contributed by atoms with Crippen LogP contribution in [0.25, 0.3) is 0 Å². The minimum Gasteiger partial charge on any atom is -0.508 e. The van der Waals surface area contributed by atoms with Crippen LogP contribution in [0.4, 0.5) is 0 Å². The monoisotopic (exact) mass is 337 g/mol. The number of hydrogen-bond acceptors (Lipinski definition) is 3. The Morgan fingerprint density at radius 2 is 1.32 bits per heavy atom. The van der Waals surface area contributed by atoms with Crippen LogP contribution in [0.15, 0.2) is 73.1 Å². The molecule has 3 rings (SSSR count). The summed E-state index contributed by atoms with van der Waals surface area (Å²) in [6.45, 7) is 5.93. The summed E-state index contributed by atoms with van der Waals surface area (Å²) in [6, 6.07) is 17.8. The molecule has 0 fully saturated rings. The molecule has 1 heterocycles. The molecule has 0 aliphatic rings. The van der Waals surface area contributed by atoms with E-state index in [2.05, 4.69) is 4.98 Å². The number of nitrogens with zero attached hydrogens (tertiary/aromatic N) is 1. The number of aromatic hydroxyl groups is 1. The summed E-state index contributed by atoms with van der Waals surface area (Å²) in [4.78, 5) is 14.2. The normalized spacial score (nSPS) is 9.08. The molecular weight excluding hydrogens is 314 g/mol. The van der Waals surface area contributed by atoms with Gasteiger partial charge in [0.2, 0.25) is 0 Å². The Morgan fingerprint density at radius 3 is 1.64 bits per heavy atom. The van der Waals surface area contributed by atoms with Crippen molar-refractivity contribution in [3.05, 3.63) is 95.3 Å². The van der Waals surface area contributed by atoms with Crippen molar-refractivity contribution in [1.29, 1.82) is 0 Å².